The van der Waals surface area contributed by atoms with Crippen LogP contribution in [-0.4, -0.2) is 40.8 Å². The molecule has 2 aromatic carbocycles. The first-order valence-electron chi connectivity index (χ1n) is 9.63. The third-order valence-electron chi connectivity index (χ3n) is 5.12. The largest absolute Gasteiger partial charge is 0.486 e. The summed E-state index contributed by atoms with van der Waals surface area (Å²) in [5.74, 6) is 1.89. The minimum Gasteiger partial charge on any atom is -0.486 e. The number of carbonyl (C=O) groups excluding carboxylic acids is 1. The molecule has 0 unspecified atom stereocenters. The van der Waals surface area contributed by atoms with E-state index < -0.39 is 0 Å². The van der Waals surface area contributed by atoms with Gasteiger partial charge in [-0.1, -0.05) is 24.3 Å². The normalized spacial score (nSPS) is 14.8. The summed E-state index contributed by atoms with van der Waals surface area (Å²) < 4.78 is 11.1. The van der Waals surface area contributed by atoms with Gasteiger partial charge in [0.05, 0.1) is 0 Å². The van der Waals surface area contributed by atoms with E-state index in [-0.39, 0.29) is 5.91 Å². The number of rotatable bonds is 3. The number of benzene rings is 2. The second-order valence-corrected chi connectivity index (χ2v) is 7.03. The molecule has 0 atom stereocenters. The maximum atomic E-state index is 12.8. The fraction of sp³-hybridized carbons (Fsp3) is 0.227. The molecular formula is C22H20N4O3. The van der Waals surface area contributed by atoms with E-state index in [0.717, 1.165) is 17.9 Å². The van der Waals surface area contributed by atoms with Crippen LogP contribution in [0, 0.1) is 0 Å². The summed E-state index contributed by atoms with van der Waals surface area (Å²) in [7, 11) is 0. The Labute approximate surface area is 168 Å². The zero-order valence-corrected chi connectivity index (χ0v) is 15.8. The van der Waals surface area contributed by atoms with Gasteiger partial charge in [-0.05, 0) is 41.8 Å². The van der Waals surface area contributed by atoms with Crippen molar-refractivity contribution in [3.8, 4) is 11.5 Å². The van der Waals surface area contributed by atoms with Crippen molar-refractivity contribution in [1.29, 1.82) is 0 Å². The van der Waals surface area contributed by atoms with Crippen molar-refractivity contribution >= 4 is 17.4 Å². The van der Waals surface area contributed by atoms with E-state index in [1.165, 1.54) is 11.1 Å². The summed E-state index contributed by atoms with van der Waals surface area (Å²) in [5.41, 5.74) is 3.66. The molecule has 1 aromatic heterocycles. The molecule has 29 heavy (non-hydrogen) atoms. The molecule has 7 heteroatoms. The fourth-order valence-electron chi connectivity index (χ4n) is 3.61. The van der Waals surface area contributed by atoms with E-state index in [1.807, 2.05) is 35.2 Å². The number of anilines is 2. The van der Waals surface area contributed by atoms with Gasteiger partial charge in [0.1, 0.15) is 13.2 Å². The zero-order valence-electron chi connectivity index (χ0n) is 15.8. The van der Waals surface area contributed by atoms with Crippen molar-refractivity contribution in [1.82, 2.24) is 15.1 Å². The van der Waals surface area contributed by atoms with Crippen LogP contribution in [0.2, 0.25) is 0 Å². The van der Waals surface area contributed by atoms with Gasteiger partial charge in [0.2, 0.25) is 0 Å². The Morgan fingerprint density at radius 1 is 0.931 bits per heavy atom. The molecule has 1 N–H and O–H groups in total. The average molecular weight is 388 g/mol. The highest BCUT2D eigenvalue weighted by Crippen LogP contribution is 2.33. The van der Waals surface area contributed by atoms with Gasteiger partial charge >= 0.3 is 0 Å². The molecule has 2 aliphatic heterocycles. The predicted molar refractivity (Wildman–Crippen MR) is 108 cm³/mol. The molecule has 146 valence electrons. The van der Waals surface area contributed by atoms with E-state index in [0.29, 0.717) is 43.6 Å². The van der Waals surface area contributed by atoms with E-state index in [1.54, 1.807) is 12.1 Å². The molecule has 1 amide bonds. The first-order chi connectivity index (χ1) is 14.3. The van der Waals surface area contributed by atoms with Gasteiger partial charge in [-0.15, -0.1) is 10.2 Å². The van der Waals surface area contributed by atoms with Crippen LogP contribution >= 0.6 is 0 Å². The van der Waals surface area contributed by atoms with Crippen LogP contribution in [0.25, 0.3) is 0 Å². The van der Waals surface area contributed by atoms with Gasteiger partial charge < -0.3 is 19.7 Å². The van der Waals surface area contributed by atoms with Gasteiger partial charge in [-0.25, -0.2) is 0 Å². The van der Waals surface area contributed by atoms with E-state index in [4.69, 9.17) is 9.47 Å². The summed E-state index contributed by atoms with van der Waals surface area (Å²) in [6.07, 6.45) is 0.860. The SMILES string of the molecule is O=C(c1ccc(Nc2ccc3c(c2)OCCO3)nn1)N1CCc2ccccc2C1. The highest BCUT2D eigenvalue weighted by molar-refractivity contribution is 5.92. The molecule has 0 bridgehead atoms. The number of nitrogens with one attached hydrogen (secondary N) is 1. The summed E-state index contributed by atoms with van der Waals surface area (Å²) in [6.45, 7) is 2.39. The molecule has 0 spiro atoms. The Morgan fingerprint density at radius 3 is 2.59 bits per heavy atom. The number of fused-ring (bicyclic) bond motifs is 2. The monoisotopic (exact) mass is 388 g/mol. The van der Waals surface area contributed by atoms with Gasteiger partial charge in [0.25, 0.3) is 5.91 Å². The van der Waals surface area contributed by atoms with Crippen molar-refractivity contribution in [2.45, 2.75) is 13.0 Å². The minimum absolute atomic E-state index is 0.0992. The number of ether oxygens (including phenoxy) is 2. The van der Waals surface area contributed by atoms with Crippen molar-refractivity contribution in [2.24, 2.45) is 0 Å². The number of hydrogen-bond acceptors (Lipinski definition) is 6. The molecule has 3 aromatic rings. The van der Waals surface area contributed by atoms with Crippen molar-refractivity contribution in [2.75, 3.05) is 25.1 Å². The van der Waals surface area contributed by atoms with Crippen LogP contribution < -0.4 is 14.8 Å². The predicted octanol–water partition coefficient (Wildman–Crippen LogP) is 3.19. The number of aromatic nitrogens is 2. The number of carbonyl (C=O) groups is 1. The Morgan fingerprint density at radius 2 is 1.76 bits per heavy atom. The molecule has 0 aliphatic carbocycles. The molecule has 7 nitrogen and oxygen atoms in total. The van der Waals surface area contributed by atoms with Crippen LogP contribution in [0.15, 0.2) is 54.6 Å². The van der Waals surface area contributed by atoms with E-state index >= 15 is 0 Å². The van der Waals surface area contributed by atoms with Crippen LogP contribution in [-0.2, 0) is 13.0 Å². The van der Waals surface area contributed by atoms with Gasteiger partial charge in [0, 0.05) is 24.8 Å². The summed E-state index contributed by atoms with van der Waals surface area (Å²) in [5, 5.41) is 11.5. The third-order valence-corrected chi connectivity index (χ3v) is 5.12. The highest BCUT2D eigenvalue weighted by atomic mass is 16.6. The van der Waals surface area contributed by atoms with Crippen LogP contribution in [0.4, 0.5) is 11.5 Å². The van der Waals surface area contributed by atoms with Gasteiger partial charge in [0.15, 0.2) is 23.0 Å². The summed E-state index contributed by atoms with van der Waals surface area (Å²) >= 11 is 0. The maximum absolute atomic E-state index is 12.8. The van der Waals surface area contributed by atoms with Gasteiger partial charge in [-0.3, -0.25) is 4.79 Å². The lowest BCUT2D eigenvalue weighted by molar-refractivity contribution is 0.0727. The standard InChI is InChI=1S/C22H20N4O3/c27-22(26-10-9-15-3-1-2-4-16(15)14-26)18-6-8-21(25-24-18)23-17-5-7-19-20(13-17)29-12-11-28-19/h1-8,13H,9-12,14H2,(H,23,25). The summed E-state index contributed by atoms with van der Waals surface area (Å²) in [6, 6.07) is 17.3. The number of hydrogen-bond donors (Lipinski definition) is 1. The van der Waals surface area contributed by atoms with E-state index in [2.05, 4.69) is 27.6 Å². The Bertz CT molecular complexity index is 1050. The Balaban J connectivity index is 1.27. The Kier molecular flexibility index (Phi) is 4.48. The second-order valence-electron chi connectivity index (χ2n) is 7.03. The molecule has 0 saturated carbocycles. The highest BCUT2D eigenvalue weighted by Gasteiger charge is 2.22. The lowest BCUT2D eigenvalue weighted by Gasteiger charge is -2.28. The molecule has 2 aliphatic rings. The molecule has 0 fully saturated rings. The second kappa shape index (κ2) is 7.43. The molecule has 0 saturated heterocycles. The van der Waals surface area contributed by atoms with E-state index in [9.17, 15) is 4.79 Å². The Hall–Kier alpha value is -3.61. The molecule has 5 rings (SSSR count). The number of nitrogens with zero attached hydrogens (tertiary/aromatic N) is 3. The lowest BCUT2D eigenvalue weighted by atomic mass is 10.00. The van der Waals surface area contributed by atoms with Crippen LogP contribution in [0.1, 0.15) is 21.6 Å². The molecular weight excluding hydrogens is 368 g/mol. The van der Waals surface area contributed by atoms with Crippen LogP contribution in [0.3, 0.4) is 0 Å². The smallest absolute Gasteiger partial charge is 0.274 e. The van der Waals surface area contributed by atoms with Crippen LogP contribution in [0.5, 0.6) is 11.5 Å². The fourth-order valence-corrected chi connectivity index (χ4v) is 3.61. The molecule has 0 radical (unpaired) electrons. The molecule has 3 heterocycles. The maximum Gasteiger partial charge on any atom is 0.274 e. The first-order valence-corrected chi connectivity index (χ1v) is 9.63. The topological polar surface area (TPSA) is 76.6 Å². The minimum atomic E-state index is -0.0992. The van der Waals surface area contributed by atoms with Crippen molar-refractivity contribution < 1.29 is 14.3 Å². The quantitative estimate of drug-likeness (QED) is 0.743. The van der Waals surface area contributed by atoms with Gasteiger partial charge in [-0.2, -0.15) is 0 Å². The average Bonchev–Trinajstić information content (AvgIpc) is 2.79. The first kappa shape index (κ1) is 17.5. The van der Waals surface area contributed by atoms with Crippen molar-refractivity contribution in [3.63, 3.8) is 0 Å². The van der Waals surface area contributed by atoms with Crippen molar-refractivity contribution in [3.05, 3.63) is 71.4 Å². The summed E-state index contributed by atoms with van der Waals surface area (Å²) in [4.78, 5) is 14.6. The number of amides is 1. The zero-order chi connectivity index (χ0) is 19.6. The third kappa shape index (κ3) is 3.59. The lowest BCUT2D eigenvalue weighted by Crippen LogP contribution is -2.36.